The van der Waals surface area contributed by atoms with Crippen molar-refractivity contribution in [2.75, 3.05) is 6.54 Å². The number of carbonyl (C=O) groups is 1. The van der Waals surface area contributed by atoms with Crippen LogP contribution in [0.5, 0.6) is 0 Å². The number of hydrogen-bond donors (Lipinski definition) is 3. The summed E-state index contributed by atoms with van der Waals surface area (Å²) in [5.41, 5.74) is 6.59. The van der Waals surface area contributed by atoms with Crippen molar-refractivity contribution in [2.24, 2.45) is 0 Å². The summed E-state index contributed by atoms with van der Waals surface area (Å²) in [5.74, 6) is -0.284. The Kier molecular flexibility index (Phi) is 6.05. The third-order valence-electron chi connectivity index (χ3n) is 6.11. The monoisotopic (exact) mass is 488 g/mol. The Labute approximate surface area is 205 Å². The maximum Gasteiger partial charge on any atom is 0.252 e. The van der Waals surface area contributed by atoms with Crippen molar-refractivity contribution in [3.8, 4) is 11.3 Å². The van der Waals surface area contributed by atoms with Gasteiger partial charge in [-0.2, -0.15) is 15.4 Å². The highest BCUT2D eigenvalue weighted by Crippen LogP contribution is 2.27. The van der Waals surface area contributed by atoms with Gasteiger partial charge in [0.25, 0.3) is 5.91 Å². The van der Waals surface area contributed by atoms with E-state index in [-0.39, 0.29) is 24.2 Å². The number of rotatable bonds is 6. The summed E-state index contributed by atoms with van der Waals surface area (Å²) >= 11 is 6.41. The minimum Gasteiger partial charge on any atom is -0.351 e. The molecule has 3 aromatic carbocycles. The summed E-state index contributed by atoms with van der Waals surface area (Å²) < 4.78 is 13.6. The van der Waals surface area contributed by atoms with Crippen molar-refractivity contribution in [2.45, 2.75) is 19.8 Å². The van der Waals surface area contributed by atoms with Crippen LogP contribution in [0.1, 0.15) is 38.8 Å². The number of carbonyl (C=O) groups excluding carboxylic acids is 1. The molecule has 9 heteroatoms. The molecule has 0 unspecified atom stereocenters. The number of aryl methyl sites for hydroxylation is 2. The summed E-state index contributed by atoms with van der Waals surface area (Å²) in [6.45, 7) is 4.33. The number of aromatic amines is 2. The standard InChI is InChI=1S/C26H22ClFN6O/c1-14-9-22-23(10-15(14)2)32-25(31-22)20(16-3-6-18(28)7-4-16)12-29-26(35)19-8-5-17(11-21(19)27)24-13-30-34-33-24/h3-11,13,20H,12H2,1-2H3,(H,29,35)(H,31,32)(H,30,33,34)/t20-/m0/s1. The normalized spacial score (nSPS) is 12.1. The van der Waals surface area contributed by atoms with Gasteiger partial charge in [0.05, 0.1) is 33.7 Å². The molecular formula is C26H22ClFN6O. The van der Waals surface area contributed by atoms with Gasteiger partial charge in [0.1, 0.15) is 17.3 Å². The lowest BCUT2D eigenvalue weighted by atomic mass is 9.98. The van der Waals surface area contributed by atoms with E-state index in [1.165, 1.54) is 12.1 Å². The molecule has 3 N–H and O–H groups in total. The molecule has 2 aromatic heterocycles. The SMILES string of the molecule is Cc1cc2nc([C@@H](CNC(=O)c3ccc(-c4cn[nH]n4)cc3Cl)c3ccc(F)cc3)[nH]c2cc1C. The van der Waals surface area contributed by atoms with E-state index >= 15 is 0 Å². The van der Waals surface area contributed by atoms with E-state index in [2.05, 4.69) is 31.8 Å². The van der Waals surface area contributed by atoms with E-state index < -0.39 is 0 Å². The van der Waals surface area contributed by atoms with Crippen molar-refractivity contribution >= 4 is 28.5 Å². The number of amides is 1. The van der Waals surface area contributed by atoms with Crippen LogP contribution in [-0.4, -0.2) is 37.8 Å². The number of halogens is 2. The van der Waals surface area contributed by atoms with Crippen molar-refractivity contribution < 1.29 is 9.18 Å². The molecule has 5 rings (SSSR count). The van der Waals surface area contributed by atoms with Crippen LogP contribution in [0.4, 0.5) is 4.39 Å². The zero-order valence-corrected chi connectivity index (χ0v) is 19.8. The molecule has 0 fully saturated rings. The van der Waals surface area contributed by atoms with Gasteiger partial charge in [0, 0.05) is 12.1 Å². The lowest BCUT2D eigenvalue weighted by Crippen LogP contribution is -2.29. The minimum atomic E-state index is -0.327. The molecule has 5 aromatic rings. The van der Waals surface area contributed by atoms with Crippen molar-refractivity contribution in [3.05, 3.63) is 99.7 Å². The maximum atomic E-state index is 13.6. The number of hydrogen-bond acceptors (Lipinski definition) is 4. The first kappa shape index (κ1) is 22.7. The molecule has 0 radical (unpaired) electrons. The van der Waals surface area contributed by atoms with Gasteiger partial charge >= 0.3 is 0 Å². The van der Waals surface area contributed by atoms with Crippen LogP contribution >= 0.6 is 11.6 Å². The number of benzene rings is 3. The van der Waals surface area contributed by atoms with E-state index in [9.17, 15) is 9.18 Å². The molecule has 35 heavy (non-hydrogen) atoms. The second kappa shape index (κ2) is 9.31. The van der Waals surface area contributed by atoms with Crippen LogP contribution in [0.15, 0.2) is 60.8 Å². The largest absolute Gasteiger partial charge is 0.351 e. The van der Waals surface area contributed by atoms with Gasteiger partial charge in [-0.3, -0.25) is 4.79 Å². The lowest BCUT2D eigenvalue weighted by Gasteiger charge is -2.17. The number of imidazole rings is 1. The molecule has 1 atom stereocenters. The van der Waals surface area contributed by atoms with Crippen molar-refractivity contribution in [3.63, 3.8) is 0 Å². The summed E-state index contributed by atoms with van der Waals surface area (Å²) in [6.07, 6.45) is 1.58. The fourth-order valence-electron chi connectivity index (χ4n) is 4.01. The van der Waals surface area contributed by atoms with Crippen LogP contribution in [0.25, 0.3) is 22.3 Å². The van der Waals surface area contributed by atoms with E-state index in [1.807, 2.05) is 19.9 Å². The number of nitrogens with zero attached hydrogens (tertiary/aromatic N) is 3. The number of nitrogens with one attached hydrogen (secondary N) is 3. The fourth-order valence-corrected chi connectivity index (χ4v) is 4.28. The van der Waals surface area contributed by atoms with Gasteiger partial charge < -0.3 is 10.3 Å². The summed E-state index contributed by atoms with van der Waals surface area (Å²) in [4.78, 5) is 21.2. The predicted octanol–water partition coefficient (Wildman–Crippen LogP) is 5.32. The summed E-state index contributed by atoms with van der Waals surface area (Å²) in [5, 5.41) is 13.6. The Balaban J connectivity index is 1.42. The Hall–Kier alpha value is -4.04. The molecule has 0 saturated carbocycles. The van der Waals surface area contributed by atoms with Gasteiger partial charge in [-0.25, -0.2) is 9.37 Å². The second-order valence-electron chi connectivity index (χ2n) is 8.44. The topological polar surface area (TPSA) is 99.3 Å². The average molecular weight is 489 g/mol. The van der Waals surface area contributed by atoms with E-state index in [1.54, 1.807) is 36.5 Å². The molecule has 0 saturated heterocycles. The predicted molar refractivity (Wildman–Crippen MR) is 133 cm³/mol. The first-order chi connectivity index (χ1) is 16.9. The Morgan fingerprint density at radius 2 is 1.86 bits per heavy atom. The molecule has 0 spiro atoms. The smallest absolute Gasteiger partial charge is 0.252 e. The first-order valence-electron chi connectivity index (χ1n) is 11.1. The highest BCUT2D eigenvalue weighted by atomic mass is 35.5. The Morgan fingerprint density at radius 1 is 1.09 bits per heavy atom. The zero-order valence-electron chi connectivity index (χ0n) is 19.1. The number of aromatic nitrogens is 5. The third kappa shape index (κ3) is 4.65. The van der Waals surface area contributed by atoms with Gasteiger partial charge in [-0.15, -0.1) is 0 Å². The zero-order chi connectivity index (χ0) is 24.5. The lowest BCUT2D eigenvalue weighted by molar-refractivity contribution is 0.0952. The van der Waals surface area contributed by atoms with Crippen molar-refractivity contribution in [1.29, 1.82) is 0 Å². The van der Waals surface area contributed by atoms with Gasteiger partial charge in [-0.1, -0.05) is 29.8 Å². The van der Waals surface area contributed by atoms with E-state index in [0.717, 1.165) is 33.3 Å². The minimum absolute atomic E-state index is 0.240. The average Bonchev–Trinajstić information content (AvgIpc) is 3.51. The van der Waals surface area contributed by atoms with Gasteiger partial charge in [0.2, 0.25) is 0 Å². The molecule has 0 aliphatic carbocycles. The highest BCUT2D eigenvalue weighted by Gasteiger charge is 2.21. The van der Waals surface area contributed by atoms with E-state index in [4.69, 9.17) is 16.6 Å². The molecule has 0 bridgehead atoms. The van der Waals surface area contributed by atoms with Crippen LogP contribution in [0.3, 0.4) is 0 Å². The number of fused-ring (bicyclic) bond motifs is 1. The first-order valence-corrected chi connectivity index (χ1v) is 11.4. The Morgan fingerprint density at radius 3 is 2.57 bits per heavy atom. The quantitative estimate of drug-likeness (QED) is 0.301. The van der Waals surface area contributed by atoms with Crippen LogP contribution in [0.2, 0.25) is 5.02 Å². The Bertz CT molecular complexity index is 1470. The van der Waals surface area contributed by atoms with Crippen LogP contribution < -0.4 is 5.32 Å². The van der Waals surface area contributed by atoms with Crippen LogP contribution in [0, 0.1) is 19.7 Å². The van der Waals surface area contributed by atoms with Crippen molar-refractivity contribution in [1.82, 2.24) is 30.7 Å². The fraction of sp³-hybridized carbons (Fsp3) is 0.154. The molecule has 7 nitrogen and oxygen atoms in total. The molecule has 1 amide bonds. The molecule has 2 heterocycles. The van der Waals surface area contributed by atoms with Gasteiger partial charge in [0.15, 0.2) is 0 Å². The molecule has 0 aliphatic heterocycles. The molecular weight excluding hydrogens is 467 g/mol. The van der Waals surface area contributed by atoms with Gasteiger partial charge in [-0.05, 0) is 66.9 Å². The number of H-pyrrole nitrogens is 2. The third-order valence-corrected chi connectivity index (χ3v) is 6.42. The second-order valence-corrected chi connectivity index (χ2v) is 8.85. The summed E-state index contributed by atoms with van der Waals surface area (Å²) in [6, 6.07) is 15.4. The maximum absolute atomic E-state index is 13.6. The highest BCUT2D eigenvalue weighted by molar-refractivity contribution is 6.34. The summed E-state index contributed by atoms with van der Waals surface area (Å²) in [7, 11) is 0. The molecule has 0 aliphatic rings. The molecule has 176 valence electrons. The van der Waals surface area contributed by atoms with E-state index in [0.29, 0.717) is 22.1 Å². The van der Waals surface area contributed by atoms with Crippen LogP contribution in [-0.2, 0) is 0 Å².